The molecule has 0 spiro atoms. The van der Waals surface area contributed by atoms with Crippen LogP contribution in [0, 0.1) is 0 Å². The molecule has 1 aromatic rings. The van der Waals surface area contributed by atoms with E-state index in [1.54, 1.807) is 18.2 Å². The van der Waals surface area contributed by atoms with E-state index in [9.17, 15) is 9.59 Å². The fourth-order valence-corrected chi connectivity index (χ4v) is 2.26. The SMILES string of the molecule is CCC(CC)(CC(=O)O)NC(=O)c1cc(OC)cc(OC)c1. The first kappa shape index (κ1) is 17.8. The molecule has 0 unspecified atom stereocenters. The maximum absolute atomic E-state index is 12.5. The van der Waals surface area contributed by atoms with Crippen LogP contribution in [-0.2, 0) is 4.79 Å². The Hall–Kier alpha value is -2.24. The van der Waals surface area contributed by atoms with E-state index in [1.165, 1.54) is 14.2 Å². The predicted octanol–water partition coefficient (Wildman–Crippen LogP) is 2.47. The number of nitrogens with one attached hydrogen (secondary N) is 1. The fourth-order valence-electron chi connectivity index (χ4n) is 2.26. The topological polar surface area (TPSA) is 84.9 Å². The summed E-state index contributed by atoms with van der Waals surface area (Å²) < 4.78 is 10.3. The minimum Gasteiger partial charge on any atom is -0.497 e. The van der Waals surface area contributed by atoms with E-state index in [4.69, 9.17) is 14.6 Å². The Labute approximate surface area is 130 Å². The van der Waals surface area contributed by atoms with Gasteiger partial charge in [0.25, 0.3) is 5.91 Å². The van der Waals surface area contributed by atoms with Crippen molar-refractivity contribution in [3.8, 4) is 11.5 Å². The van der Waals surface area contributed by atoms with Crippen LogP contribution in [-0.4, -0.2) is 36.7 Å². The zero-order valence-corrected chi connectivity index (χ0v) is 13.4. The molecule has 1 amide bonds. The summed E-state index contributed by atoms with van der Waals surface area (Å²) in [5.74, 6) is -0.281. The van der Waals surface area contributed by atoms with Crippen molar-refractivity contribution >= 4 is 11.9 Å². The van der Waals surface area contributed by atoms with Crippen molar-refractivity contribution in [2.24, 2.45) is 0 Å². The minimum absolute atomic E-state index is 0.118. The normalized spacial score (nSPS) is 10.9. The van der Waals surface area contributed by atoms with E-state index in [2.05, 4.69) is 5.32 Å². The number of amides is 1. The Morgan fingerprint density at radius 1 is 1.09 bits per heavy atom. The molecule has 0 heterocycles. The zero-order chi connectivity index (χ0) is 16.8. The van der Waals surface area contributed by atoms with E-state index in [1.807, 2.05) is 13.8 Å². The lowest BCUT2D eigenvalue weighted by Gasteiger charge is -2.31. The molecule has 22 heavy (non-hydrogen) atoms. The largest absolute Gasteiger partial charge is 0.497 e. The fraction of sp³-hybridized carbons (Fsp3) is 0.500. The highest BCUT2D eigenvalue weighted by atomic mass is 16.5. The Morgan fingerprint density at radius 2 is 1.59 bits per heavy atom. The van der Waals surface area contributed by atoms with Crippen LogP contribution >= 0.6 is 0 Å². The molecule has 0 bridgehead atoms. The lowest BCUT2D eigenvalue weighted by molar-refractivity contribution is -0.138. The minimum atomic E-state index is -0.938. The number of methoxy groups -OCH3 is 2. The average molecular weight is 309 g/mol. The average Bonchev–Trinajstić information content (AvgIpc) is 2.52. The third kappa shape index (κ3) is 4.38. The standard InChI is InChI=1S/C16H23NO5/c1-5-16(6-2,10-14(18)19)17-15(20)11-7-12(21-3)9-13(8-11)22-4/h7-9H,5-6,10H2,1-4H3,(H,17,20)(H,18,19). The summed E-state index contributed by atoms with van der Waals surface area (Å²) in [7, 11) is 3.01. The molecule has 0 saturated heterocycles. The molecule has 6 nitrogen and oxygen atoms in total. The number of hydrogen-bond acceptors (Lipinski definition) is 4. The van der Waals surface area contributed by atoms with E-state index in [0.29, 0.717) is 29.9 Å². The van der Waals surface area contributed by atoms with Crippen LogP contribution in [0.4, 0.5) is 0 Å². The molecule has 0 fully saturated rings. The summed E-state index contributed by atoms with van der Waals surface area (Å²) in [6.45, 7) is 3.72. The number of carboxylic acid groups (broad SMARTS) is 1. The molecule has 122 valence electrons. The Kier molecular flexibility index (Phi) is 6.22. The quantitative estimate of drug-likeness (QED) is 0.770. The molecular weight excluding hydrogens is 286 g/mol. The third-order valence-electron chi connectivity index (χ3n) is 3.84. The van der Waals surface area contributed by atoms with Crippen LogP contribution < -0.4 is 14.8 Å². The zero-order valence-electron chi connectivity index (χ0n) is 13.4. The molecule has 1 aromatic carbocycles. The number of rotatable bonds is 8. The van der Waals surface area contributed by atoms with Crippen LogP contribution in [0.5, 0.6) is 11.5 Å². The van der Waals surface area contributed by atoms with Gasteiger partial charge >= 0.3 is 5.97 Å². The van der Waals surface area contributed by atoms with Gasteiger partial charge in [0, 0.05) is 11.6 Å². The van der Waals surface area contributed by atoms with Gasteiger partial charge in [0.1, 0.15) is 11.5 Å². The smallest absolute Gasteiger partial charge is 0.305 e. The molecule has 6 heteroatoms. The molecule has 1 rings (SSSR count). The number of carbonyl (C=O) groups excluding carboxylic acids is 1. The number of aliphatic carboxylic acids is 1. The molecule has 0 aromatic heterocycles. The van der Waals surface area contributed by atoms with Gasteiger partial charge in [0.05, 0.1) is 26.2 Å². The van der Waals surface area contributed by atoms with Crippen LogP contribution in [0.25, 0.3) is 0 Å². The number of carboxylic acids is 1. The van der Waals surface area contributed by atoms with Crippen molar-refractivity contribution in [2.75, 3.05) is 14.2 Å². The van der Waals surface area contributed by atoms with E-state index < -0.39 is 11.5 Å². The molecule has 2 N–H and O–H groups in total. The van der Waals surface area contributed by atoms with Crippen molar-refractivity contribution in [1.82, 2.24) is 5.32 Å². The monoisotopic (exact) mass is 309 g/mol. The van der Waals surface area contributed by atoms with Crippen molar-refractivity contribution in [3.05, 3.63) is 23.8 Å². The van der Waals surface area contributed by atoms with Gasteiger partial charge in [0.2, 0.25) is 0 Å². The van der Waals surface area contributed by atoms with Crippen molar-refractivity contribution in [3.63, 3.8) is 0 Å². The molecule has 0 atom stereocenters. The third-order valence-corrected chi connectivity index (χ3v) is 3.84. The van der Waals surface area contributed by atoms with E-state index >= 15 is 0 Å². The van der Waals surface area contributed by atoms with Gasteiger partial charge in [0.15, 0.2) is 0 Å². The van der Waals surface area contributed by atoms with Gasteiger partial charge in [-0.2, -0.15) is 0 Å². The molecule has 0 aliphatic carbocycles. The maximum atomic E-state index is 12.5. The predicted molar refractivity (Wildman–Crippen MR) is 82.6 cm³/mol. The second-order valence-electron chi connectivity index (χ2n) is 5.11. The van der Waals surface area contributed by atoms with Gasteiger partial charge in [-0.1, -0.05) is 13.8 Å². The summed E-state index contributed by atoms with van der Waals surface area (Å²) in [5, 5.41) is 11.9. The Bertz CT molecular complexity index is 515. The van der Waals surface area contributed by atoms with Gasteiger partial charge < -0.3 is 19.9 Å². The number of hydrogen-bond donors (Lipinski definition) is 2. The molecule has 0 aliphatic rings. The molecule has 0 aliphatic heterocycles. The summed E-state index contributed by atoms with van der Waals surface area (Å²) in [6.07, 6.45) is 0.943. The molecule has 0 saturated carbocycles. The summed E-state index contributed by atoms with van der Waals surface area (Å²) in [6, 6.07) is 4.85. The first-order valence-electron chi connectivity index (χ1n) is 7.17. The van der Waals surface area contributed by atoms with Crippen LogP contribution in [0.3, 0.4) is 0 Å². The Balaban J connectivity index is 3.06. The van der Waals surface area contributed by atoms with Gasteiger partial charge in [-0.15, -0.1) is 0 Å². The van der Waals surface area contributed by atoms with Crippen LogP contribution in [0.1, 0.15) is 43.5 Å². The summed E-state index contributed by atoms with van der Waals surface area (Å²) in [5.41, 5.74) is -0.396. The second-order valence-corrected chi connectivity index (χ2v) is 5.11. The first-order valence-corrected chi connectivity index (χ1v) is 7.17. The van der Waals surface area contributed by atoms with Gasteiger partial charge in [-0.3, -0.25) is 9.59 Å². The highest BCUT2D eigenvalue weighted by Gasteiger charge is 2.31. The number of ether oxygens (including phenoxy) is 2. The van der Waals surface area contributed by atoms with Crippen molar-refractivity contribution < 1.29 is 24.2 Å². The summed E-state index contributed by atoms with van der Waals surface area (Å²) >= 11 is 0. The maximum Gasteiger partial charge on any atom is 0.305 e. The van der Waals surface area contributed by atoms with Gasteiger partial charge in [-0.25, -0.2) is 0 Å². The molecule has 0 radical (unpaired) electrons. The number of benzene rings is 1. The van der Waals surface area contributed by atoms with Crippen molar-refractivity contribution in [1.29, 1.82) is 0 Å². The highest BCUT2D eigenvalue weighted by Crippen LogP contribution is 2.25. The lowest BCUT2D eigenvalue weighted by Crippen LogP contribution is -2.49. The molecular formula is C16H23NO5. The van der Waals surface area contributed by atoms with E-state index in [0.717, 1.165) is 0 Å². The van der Waals surface area contributed by atoms with Crippen LogP contribution in [0.2, 0.25) is 0 Å². The second kappa shape index (κ2) is 7.68. The lowest BCUT2D eigenvalue weighted by atomic mass is 9.88. The summed E-state index contributed by atoms with van der Waals surface area (Å²) in [4.78, 5) is 23.5. The number of carbonyl (C=O) groups is 2. The highest BCUT2D eigenvalue weighted by molar-refractivity contribution is 5.95. The van der Waals surface area contributed by atoms with E-state index in [-0.39, 0.29) is 12.3 Å². The first-order chi connectivity index (χ1) is 10.4. The Morgan fingerprint density at radius 3 is 1.95 bits per heavy atom. The van der Waals surface area contributed by atoms with Crippen molar-refractivity contribution in [2.45, 2.75) is 38.6 Å². The van der Waals surface area contributed by atoms with Crippen LogP contribution in [0.15, 0.2) is 18.2 Å². The van der Waals surface area contributed by atoms with Gasteiger partial charge in [-0.05, 0) is 25.0 Å².